The molecule has 1 fully saturated rings. The zero-order valence-electron chi connectivity index (χ0n) is 17.4. The summed E-state index contributed by atoms with van der Waals surface area (Å²) in [6, 6.07) is 6.06. The fourth-order valence-corrected chi connectivity index (χ4v) is 3.85. The van der Waals surface area contributed by atoms with E-state index in [9.17, 15) is 18.3 Å². The molecule has 3 aromatic heterocycles. The molecule has 3 N–H and O–H groups in total. The van der Waals surface area contributed by atoms with Gasteiger partial charge in [-0.25, -0.2) is 9.97 Å². The summed E-state index contributed by atoms with van der Waals surface area (Å²) in [6.07, 6.45) is -0.920. The Labute approximate surface area is 177 Å². The summed E-state index contributed by atoms with van der Waals surface area (Å²) in [5, 5.41) is 16.2. The van der Waals surface area contributed by atoms with E-state index < -0.39 is 23.7 Å². The summed E-state index contributed by atoms with van der Waals surface area (Å²) >= 11 is 0. The maximum atomic E-state index is 13.2. The minimum Gasteiger partial charge on any atom is -0.496 e. The molecule has 2 atom stereocenters. The van der Waals surface area contributed by atoms with Gasteiger partial charge < -0.3 is 20.5 Å². The van der Waals surface area contributed by atoms with E-state index in [0.29, 0.717) is 34.2 Å². The van der Waals surface area contributed by atoms with Gasteiger partial charge in [-0.05, 0) is 26.0 Å². The molecule has 2 unspecified atom stereocenters. The van der Waals surface area contributed by atoms with Crippen molar-refractivity contribution in [1.82, 2.24) is 19.7 Å². The molecule has 3 aromatic rings. The predicted octanol–water partition coefficient (Wildman–Crippen LogP) is 3.19. The monoisotopic (exact) mass is 435 g/mol. The van der Waals surface area contributed by atoms with Crippen molar-refractivity contribution in [1.29, 1.82) is 0 Å². The first kappa shape index (κ1) is 21.4. The summed E-state index contributed by atoms with van der Waals surface area (Å²) < 4.78 is 46.9. The van der Waals surface area contributed by atoms with Crippen LogP contribution < -0.4 is 15.4 Å². The first-order valence-corrected chi connectivity index (χ1v) is 9.87. The lowest BCUT2D eigenvalue weighted by molar-refractivity contribution is -0.170. The van der Waals surface area contributed by atoms with Gasteiger partial charge in [-0.2, -0.15) is 13.2 Å². The number of methoxy groups -OCH3 is 1. The standard InChI is InChI=1S/C21H24F3N5O2/c1-20(2,30)13-11-29-16(10-26-19(29)7-17(13)31-3)14-5-4-6-18(27-14)28-15-9-25-8-12(15)21(22,23)24/h4-7,10-12,15,25,30H,8-9H2,1-3H3,(H,27,28). The molecule has 4 heterocycles. The van der Waals surface area contributed by atoms with Crippen LogP contribution in [0.15, 0.2) is 36.7 Å². The molecule has 31 heavy (non-hydrogen) atoms. The third-order valence-corrected chi connectivity index (χ3v) is 5.47. The number of ether oxygens (including phenoxy) is 1. The van der Waals surface area contributed by atoms with Gasteiger partial charge in [-0.15, -0.1) is 0 Å². The number of pyridine rings is 2. The van der Waals surface area contributed by atoms with Crippen molar-refractivity contribution in [3.63, 3.8) is 0 Å². The molecule has 0 spiro atoms. The van der Waals surface area contributed by atoms with Crippen LogP contribution in [0.3, 0.4) is 0 Å². The normalized spacial score (nSPS) is 19.7. The average Bonchev–Trinajstić information content (AvgIpc) is 3.32. The van der Waals surface area contributed by atoms with Gasteiger partial charge in [-0.3, -0.25) is 4.40 Å². The highest BCUT2D eigenvalue weighted by Gasteiger charge is 2.47. The Hall–Kier alpha value is -2.85. The third-order valence-electron chi connectivity index (χ3n) is 5.47. The van der Waals surface area contributed by atoms with Crippen molar-refractivity contribution in [2.24, 2.45) is 5.92 Å². The summed E-state index contributed by atoms with van der Waals surface area (Å²) in [7, 11) is 1.52. The molecular formula is C21H24F3N5O2. The third kappa shape index (κ3) is 4.17. The summed E-state index contributed by atoms with van der Waals surface area (Å²) in [5.41, 5.74) is 1.20. The van der Waals surface area contributed by atoms with Gasteiger partial charge in [0.1, 0.15) is 17.2 Å². The van der Waals surface area contributed by atoms with Gasteiger partial charge in [0.15, 0.2) is 0 Å². The van der Waals surface area contributed by atoms with Gasteiger partial charge in [0.25, 0.3) is 0 Å². The van der Waals surface area contributed by atoms with Crippen LogP contribution in [-0.4, -0.2) is 51.9 Å². The number of hydrogen-bond acceptors (Lipinski definition) is 6. The first-order valence-electron chi connectivity index (χ1n) is 9.87. The fraction of sp³-hybridized carbons (Fsp3) is 0.429. The number of alkyl halides is 3. The lowest BCUT2D eigenvalue weighted by Gasteiger charge is -2.23. The molecule has 0 saturated carbocycles. The van der Waals surface area contributed by atoms with Gasteiger partial charge in [-0.1, -0.05) is 6.07 Å². The molecule has 0 aliphatic carbocycles. The number of nitrogens with zero attached hydrogens (tertiary/aromatic N) is 3. The van der Waals surface area contributed by atoms with E-state index in [-0.39, 0.29) is 13.1 Å². The van der Waals surface area contributed by atoms with Crippen LogP contribution in [0.4, 0.5) is 19.0 Å². The molecule has 0 bridgehead atoms. The molecule has 1 aliphatic rings. The second kappa shape index (κ2) is 7.69. The number of rotatable bonds is 5. The quantitative estimate of drug-likeness (QED) is 0.571. The maximum absolute atomic E-state index is 13.2. The zero-order valence-corrected chi connectivity index (χ0v) is 17.4. The minimum absolute atomic E-state index is 0.115. The van der Waals surface area contributed by atoms with Gasteiger partial charge in [0, 0.05) is 30.9 Å². The van der Waals surface area contributed by atoms with Crippen molar-refractivity contribution in [2.45, 2.75) is 31.7 Å². The van der Waals surface area contributed by atoms with Crippen molar-refractivity contribution in [3.8, 4) is 17.1 Å². The molecule has 4 rings (SSSR count). The number of imidazole rings is 1. The lowest BCUT2D eigenvalue weighted by atomic mass is 9.99. The van der Waals surface area contributed by atoms with Crippen LogP contribution in [0, 0.1) is 5.92 Å². The Morgan fingerprint density at radius 1 is 1.26 bits per heavy atom. The van der Waals surface area contributed by atoms with E-state index in [4.69, 9.17) is 4.74 Å². The zero-order chi connectivity index (χ0) is 22.4. The number of halogens is 3. The predicted molar refractivity (Wildman–Crippen MR) is 110 cm³/mol. The Morgan fingerprint density at radius 3 is 2.71 bits per heavy atom. The van der Waals surface area contributed by atoms with Crippen LogP contribution >= 0.6 is 0 Å². The Kier molecular flexibility index (Phi) is 5.30. The molecular weight excluding hydrogens is 411 g/mol. The molecule has 1 aliphatic heterocycles. The van der Waals surface area contributed by atoms with Crippen molar-refractivity contribution in [2.75, 3.05) is 25.5 Å². The second-order valence-electron chi connectivity index (χ2n) is 8.15. The SMILES string of the molecule is COc1cc2ncc(-c3cccc(NC4CNCC4C(F)(F)F)n3)n2cc1C(C)(C)O. The summed E-state index contributed by atoms with van der Waals surface area (Å²) in [6.45, 7) is 3.40. The number of nitrogens with one attached hydrogen (secondary N) is 2. The Bertz CT molecular complexity index is 1090. The molecule has 0 aromatic carbocycles. The number of anilines is 1. The van der Waals surface area contributed by atoms with Crippen LogP contribution in [0.1, 0.15) is 19.4 Å². The highest BCUT2D eigenvalue weighted by Crippen LogP contribution is 2.34. The van der Waals surface area contributed by atoms with E-state index in [1.807, 2.05) is 0 Å². The second-order valence-corrected chi connectivity index (χ2v) is 8.15. The van der Waals surface area contributed by atoms with Gasteiger partial charge in [0.05, 0.1) is 42.3 Å². The number of aliphatic hydroxyl groups is 1. The first-order chi connectivity index (χ1) is 14.6. The number of fused-ring (bicyclic) bond motifs is 1. The van der Waals surface area contributed by atoms with Crippen molar-refractivity contribution >= 4 is 11.5 Å². The topological polar surface area (TPSA) is 83.7 Å². The molecule has 166 valence electrons. The highest BCUT2D eigenvalue weighted by atomic mass is 19.4. The smallest absolute Gasteiger partial charge is 0.395 e. The number of hydrogen-bond donors (Lipinski definition) is 3. The highest BCUT2D eigenvalue weighted by molar-refractivity contribution is 5.64. The molecule has 0 amide bonds. The van der Waals surface area contributed by atoms with Crippen LogP contribution in [0.5, 0.6) is 5.75 Å². The van der Waals surface area contributed by atoms with Crippen LogP contribution in [0.2, 0.25) is 0 Å². The summed E-state index contributed by atoms with van der Waals surface area (Å²) in [5.74, 6) is -0.616. The largest absolute Gasteiger partial charge is 0.496 e. The Balaban J connectivity index is 1.69. The lowest BCUT2D eigenvalue weighted by Crippen LogP contribution is -2.38. The van der Waals surface area contributed by atoms with Crippen LogP contribution in [0.25, 0.3) is 17.0 Å². The van der Waals surface area contributed by atoms with E-state index in [1.54, 1.807) is 54.9 Å². The maximum Gasteiger partial charge on any atom is 0.395 e. The van der Waals surface area contributed by atoms with E-state index >= 15 is 0 Å². The molecule has 10 heteroatoms. The van der Waals surface area contributed by atoms with Gasteiger partial charge >= 0.3 is 6.18 Å². The van der Waals surface area contributed by atoms with Gasteiger partial charge in [0.2, 0.25) is 0 Å². The van der Waals surface area contributed by atoms with E-state index in [1.165, 1.54) is 7.11 Å². The molecule has 7 nitrogen and oxygen atoms in total. The molecule has 0 radical (unpaired) electrons. The van der Waals surface area contributed by atoms with Crippen molar-refractivity contribution in [3.05, 3.63) is 42.2 Å². The Morgan fingerprint density at radius 2 is 2.03 bits per heavy atom. The fourth-order valence-electron chi connectivity index (χ4n) is 3.85. The van der Waals surface area contributed by atoms with Crippen molar-refractivity contribution < 1.29 is 23.0 Å². The molecule has 1 saturated heterocycles. The van der Waals surface area contributed by atoms with E-state index in [2.05, 4.69) is 20.6 Å². The summed E-state index contributed by atoms with van der Waals surface area (Å²) in [4.78, 5) is 8.91. The minimum atomic E-state index is -4.28. The number of aromatic nitrogens is 3. The van der Waals surface area contributed by atoms with E-state index in [0.717, 1.165) is 0 Å². The average molecular weight is 435 g/mol. The van der Waals surface area contributed by atoms with Crippen LogP contribution in [-0.2, 0) is 5.60 Å².